The lowest BCUT2D eigenvalue weighted by molar-refractivity contribution is -0.143. The maximum Gasteiger partial charge on any atom is 0.323 e. The molecule has 2 N–H and O–H groups in total. The summed E-state index contributed by atoms with van der Waals surface area (Å²) < 4.78 is 15.0. The summed E-state index contributed by atoms with van der Waals surface area (Å²) in [4.78, 5) is 25.2. The lowest BCUT2D eigenvalue weighted by atomic mass is 9.91. The molecule has 0 bridgehead atoms. The molecule has 1 aliphatic heterocycles. The van der Waals surface area contributed by atoms with E-state index in [1.54, 1.807) is 12.1 Å². The average Bonchev–Trinajstić information content (AvgIpc) is 3.09. The molecule has 8 nitrogen and oxygen atoms in total. The standard InChI is InChI=1S/C18H18FN5O3/c1-11-7-12(17(25)26)10-23(9-11)18(27)21-16-5-6-24(22-16)15-4-2-3-14(19)13(15)8-20/h2-6,11-12H,7,9-10H2,1H3,(H,25,26)(H,21,22,27). The summed E-state index contributed by atoms with van der Waals surface area (Å²) in [6, 6.07) is 7.07. The monoisotopic (exact) mass is 371 g/mol. The van der Waals surface area contributed by atoms with Gasteiger partial charge in [-0.2, -0.15) is 5.26 Å². The summed E-state index contributed by atoms with van der Waals surface area (Å²) in [5.41, 5.74) is 0.114. The molecular weight excluding hydrogens is 353 g/mol. The molecule has 1 fully saturated rings. The molecule has 140 valence electrons. The molecule has 1 aromatic heterocycles. The summed E-state index contributed by atoms with van der Waals surface area (Å²) in [5.74, 6) is -1.87. The number of nitriles is 1. The highest BCUT2D eigenvalue weighted by molar-refractivity contribution is 5.88. The van der Waals surface area contributed by atoms with E-state index in [1.165, 1.54) is 34.0 Å². The smallest absolute Gasteiger partial charge is 0.323 e. The molecule has 0 aliphatic carbocycles. The Morgan fingerprint density at radius 3 is 2.85 bits per heavy atom. The third-order valence-electron chi connectivity index (χ3n) is 4.47. The van der Waals surface area contributed by atoms with E-state index < -0.39 is 23.7 Å². The molecule has 2 aromatic rings. The number of amides is 2. The lowest BCUT2D eigenvalue weighted by Crippen LogP contribution is -2.47. The fourth-order valence-electron chi connectivity index (χ4n) is 3.22. The number of benzene rings is 1. The number of likely N-dealkylation sites (tertiary alicyclic amines) is 1. The van der Waals surface area contributed by atoms with Gasteiger partial charge in [0.1, 0.15) is 17.4 Å². The number of anilines is 1. The molecule has 1 aliphatic rings. The minimum Gasteiger partial charge on any atom is -0.481 e. The number of hydrogen-bond donors (Lipinski definition) is 2. The number of nitrogens with zero attached hydrogens (tertiary/aromatic N) is 4. The first-order valence-electron chi connectivity index (χ1n) is 8.42. The molecule has 1 saturated heterocycles. The highest BCUT2D eigenvalue weighted by Gasteiger charge is 2.32. The van der Waals surface area contributed by atoms with Gasteiger partial charge in [-0.05, 0) is 24.5 Å². The van der Waals surface area contributed by atoms with Crippen molar-refractivity contribution in [2.24, 2.45) is 11.8 Å². The molecule has 3 rings (SSSR count). The average molecular weight is 371 g/mol. The van der Waals surface area contributed by atoms with Crippen molar-refractivity contribution in [2.75, 3.05) is 18.4 Å². The molecule has 27 heavy (non-hydrogen) atoms. The number of carbonyl (C=O) groups is 2. The zero-order valence-electron chi connectivity index (χ0n) is 14.6. The zero-order valence-corrected chi connectivity index (χ0v) is 14.6. The quantitative estimate of drug-likeness (QED) is 0.861. The van der Waals surface area contributed by atoms with Crippen molar-refractivity contribution in [2.45, 2.75) is 13.3 Å². The molecular formula is C18H18FN5O3. The fraction of sp³-hybridized carbons (Fsp3) is 0.333. The van der Waals surface area contributed by atoms with Gasteiger partial charge in [-0.25, -0.2) is 13.9 Å². The van der Waals surface area contributed by atoms with Crippen LogP contribution in [0, 0.1) is 29.0 Å². The first kappa shape index (κ1) is 18.4. The van der Waals surface area contributed by atoms with E-state index in [4.69, 9.17) is 5.26 Å². The van der Waals surface area contributed by atoms with Crippen molar-refractivity contribution in [1.29, 1.82) is 5.26 Å². The van der Waals surface area contributed by atoms with Crippen LogP contribution >= 0.6 is 0 Å². The zero-order chi connectivity index (χ0) is 19.6. The summed E-state index contributed by atoms with van der Waals surface area (Å²) in [6.45, 7) is 2.49. The van der Waals surface area contributed by atoms with Gasteiger partial charge < -0.3 is 10.0 Å². The Kier molecular flexibility index (Phi) is 5.07. The van der Waals surface area contributed by atoms with Gasteiger partial charge in [-0.15, -0.1) is 5.10 Å². The number of carboxylic acids is 1. The van der Waals surface area contributed by atoms with Gasteiger partial charge in [0.15, 0.2) is 5.82 Å². The summed E-state index contributed by atoms with van der Waals surface area (Å²) >= 11 is 0. The van der Waals surface area contributed by atoms with Crippen LogP contribution in [-0.4, -0.2) is 44.9 Å². The van der Waals surface area contributed by atoms with E-state index >= 15 is 0 Å². The molecule has 2 atom stereocenters. The number of urea groups is 1. The van der Waals surface area contributed by atoms with Crippen LogP contribution in [0.25, 0.3) is 5.69 Å². The number of aliphatic carboxylic acids is 1. The van der Waals surface area contributed by atoms with E-state index in [0.717, 1.165) is 0 Å². The lowest BCUT2D eigenvalue weighted by Gasteiger charge is -2.34. The Balaban J connectivity index is 1.75. The second kappa shape index (κ2) is 7.45. The van der Waals surface area contributed by atoms with Crippen molar-refractivity contribution in [1.82, 2.24) is 14.7 Å². The van der Waals surface area contributed by atoms with Crippen LogP contribution in [0.4, 0.5) is 15.0 Å². The summed E-state index contributed by atoms with van der Waals surface area (Å²) in [6.07, 6.45) is 2.04. The Morgan fingerprint density at radius 2 is 2.15 bits per heavy atom. The molecule has 0 saturated carbocycles. The van der Waals surface area contributed by atoms with Gasteiger partial charge in [-0.1, -0.05) is 13.0 Å². The second-order valence-electron chi connectivity index (χ2n) is 6.60. The van der Waals surface area contributed by atoms with E-state index in [-0.39, 0.29) is 29.5 Å². The van der Waals surface area contributed by atoms with Crippen LogP contribution in [0.5, 0.6) is 0 Å². The largest absolute Gasteiger partial charge is 0.481 e. The first-order valence-corrected chi connectivity index (χ1v) is 8.42. The maximum atomic E-state index is 13.7. The molecule has 2 unspecified atom stereocenters. The number of piperidine rings is 1. The van der Waals surface area contributed by atoms with Crippen LogP contribution in [0.2, 0.25) is 0 Å². The van der Waals surface area contributed by atoms with Gasteiger partial charge in [0, 0.05) is 25.4 Å². The van der Waals surface area contributed by atoms with Crippen LogP contribution < -0.4 is 5.32 Å². The molecule has 2 heterocycles. The van der Waals surface area contributed by atoms with E-state index in [2.05, 4.69) is 10.4 Å². The Labute approximate surface area is 154 Å². The molecule has 9 heteroatoms. The van der Waals surface area contributed by atoms with Crippen LogP contribution in [-0.2, 0) is 4.79 Å². The number of carbonyl (C=O) groups excluding carboxylic acids is 1. The molecule has 2 amide bonds. The van der Waals surface area contributed by atoms with Crippen molar-refractivity contribution < 1.29 is 19.1 Å². The molecule has 1 aromatic carbocycles. The number of halogens is 1. The van der Waals surface area contributed by atoms with Gasteiger partial charge >= 0.3 is 12.0 Å². The second-order valence-corrected chi connectivity index (χ2v) is 6.60. The summed E-state index contributed by atoms with van der Waals surface area (Å²) in [5, 5.41) is 25.1. The van der Waals surface area contributed by atoms with Gasteiger partial charge in [0.25, 0.3) is 0 Å². The Hall–Kier alpha value is -3.41. The number of carboxylic acid groups (broad SMARTS) is 1. The number of rotatable bonds is 3. The SMILES string of the molecule is CC1CC(C(=O)O)CN(C(=O)Nc2ccn(-c3cccc(F)c3C#N)n2)C1. The minimum atomic E-state index is -0.918. The fourth-order valence-corrected chi connectivity index (χ4v) is 3.22. The number of nitrogens with one attached hydrogen (secondary N) is 1. The highest BCUT2D eigenvalue weighted by Crippen LogP contribution is 2.23. The van der Waals surface area contributed by atoms with Crippen molar-refractivity contribution in [3.8, 4) is 11.8 Å². The van der Waals surface area contributed by atoms with Crippen LogP contribution in [0.1, 0.15) is 18.9 Å². The van der Waals surface area contributed by atoms with Crippen molar-refractivity contribution in [3.05, 3.63) is 41.8 Å². The summed E-state index contributed by atoms with van der Waals surface area (Å²) in [7, 11) is 0. The molecule has 0 radical (unpaired) electrons. The Morgan fingerprint density at radius 1 is 1.37 bits per heavy atom. The van der Waals surface area contributed by atoms with E-state index in [9.17, 15) is 19.1 Å². The maximum absolute atomic E-state index is 13.7. The third kappa shape index (κ3) is 3.89. The van der Waals surface area contributed by atoms with Crippen molar-refractivity contribution in [3.63, 3.8) is 0 Å². The number of hydrogen-bond acceptors (Lipinski definition) is 4. The Bertz CT molecular complexity index is 920. The highest BCUT2D eigenvalue weighted by atomic mass is 19.1. The third-order valence-corrected chi connectivity index (χ3v) is 4.47. The topological polar surface area (TPSA) is 111 Å². The van der Waals surface area contributed by atoms with Gasteiger partial charge in [-0.3, -0.25) is 10.1 Å². The predicted octanol–water partition coefficient (Wildman–Crippen LogP) is 2.46. The van der Waals surface area contributed by atoms with Crippen LogP contribution in [0.15, 0.2) is 30.5 Å². The van der Waals surface area contributed by atoms with Crippen molar-refractivity contribution >= 4 is 17.8 Å². The first-order chi connectivity index (χ1) is 12.9. The normalized spacial score (nSPS) is 19.4. The number of aromatic nitrogens is 2. The molecule has 0 spiro atoms. The van der Waals surface area contributed by atoms with Gasteiger partial charge in [0.05, 0.1) is 11.6 Å². The van der Waals surface area contributed by atoms with Gasteiger partial charge in [0.2, 0.25) is 0 Å². The van der Waals surface area contributed by atoms with E-state index in [1.807, 2.05) is 6.92 Å². The minimum absolute atomic E-state index is 0.0774. The van der Waals surface area contributed by atoms with Crippen LogP contribution in [0.3, 0.4) is 0 Å². The van der Waals surface area contributed by atoms with E-state index in [0.29, 0.717) is 13.0 Å². The predicted molar refractivity (Wildman–Crippen MR) is 93.7 cm³/mol.